The number of rotatable bonds is 16. The number of hydrogen-bond acceptors (Lipinski definition) is 7. The van der Waals surface area contributed by atoms with E-state index < -0.39 is 12.0 Å². The SMILES string of the molecule is COC(=O)C(Cc1ccc(OCCCN(Cc2ccccc2)C(=O)Cc2ccsc2)cc1)Nc1ccccc1C(=O)c1ccccc1. The first-order valence-electron chi connectivity index (χ1n) is 15.6. The van der Waals surface area contributed by atoms with Crippen LogP contribution in [-0.4, -0.2) is 48.9 Å². The van der Waals surface area contributed by atoms with E-state index in [9.17, 15) is 14.4 Å². The van der Waals surface area contributed by atoms with Crippen LogP contribution >= 0.6 is 11.3 Å². The minimum absolute atomic E-state index is 0.0948. The standard InChI is InChI=1S/C39H38N2O5S/c1-45-39(44)36(40-35-16-9-8-15-34(35)38(43)32-13-6-3-7-14-32)25-29-17-19-33(20-18-29)46-23-10-22-41(27-30-11-4-2-5-12-30)37(42)26-31-21-24-47-28-31/h2-9,11-21,24,28,36,40H,10,22-23,25-27H2,1H3. The Kier molecular flexibility index (Phi) is 11.9. The number of carbonyl (C=O) groups is 3. The highest BCUT2D eigenvalue weighted by molar-refractivity contribution is 7.08. The molecular formula is C39H38N2O5S. The predicted molar refractivity (Wildman–Crippen MR) is 186 cm³/mol. The van der Waals surface area contributed by atoms with Gasteiger partial charge in [-0.05, 0) is 64.2 Å². The molecule has 4 aromatic carbocycles. The van der Waals surface area contributed by atoms with E-state index in [1.54, 1.807) is 41.7 Å². The molecule has 5 aromatic rings. The van der Waals surface area contributed by atoms with Crippen molar-refractivity contribution in [1.29, 1.82) is 0 Å². The van der Waals surface area contributed by atoms with Gasteiger partial charge in [0.25, 0.3) is 0 Å². The number of ketones is 1. The van der Waals surface area contributed by atoms with Gasteiger partial charge >= 0.3 is 5.97 Å². The Hall–Kier alpha value is -5.21. The van der Waals surface area contributed by atoms with Crippen LogP contribution in [0.2, 0.25) is 0 Å². The van der Waals surface area contributed by atoms with Crippen LogP contribution in [0.15, 0.2) is 126 Å². The fourth-order valence-corrected chi connectivity index (χ4v) is 5.92. The van der Waals surface area contributed by atoms with Gasteiger partial charge in [0.2, 0.25) is 5.91 Å². The minimum atomic E-state index is -0.710. The van der Waals surface area contributed by atoms with Gasteiger partial charge in [-0.25, -0.2) is 4.79 Å². The number of esters is 1. The molecule has 0 fully saturated rings. The van der Waals surface area contributed by atoms with E-state index in [4.69, 9.17) is 9.47 Å². The number of thiophene rings is 1. The molecule has 0 bridgehead atoms. The fraction of sp³-hybridized carbons (Fsp3) is 0.205. The van der Waals surface area contributed by atoms with Gasteiger partial charge < -0.3 is 19.7 Å². The normalized spacial score (nSPS) is 11.3. The summed E-state index contributed by atoms with van der Waals surface area (Å²) in [6.07, 6.45) is 1.41. The summed E-state index contributed by atoms with van der Waals surface area (Å²) in [5.41, 5.74) is 4.64. The molecule has 240 valence electrons. The first kappa shape index (κ1) is 33.2. The highest BCUT2D eigenvalue weighted by Gasteiger charge is 2.23. The van der Waals surface area contributed by atoms with E-state index in [1.807, 2.05) is 101 Å². The molecule has 1 unspecified atom stereocenters. The zero-order valence-electron chi connectivity index (χ0n) is 26.3. The van der Waals surface area contributed by atoms with E-state index in [0.717, 1.165) is 16.7 Å². The molecule has 1 aromatic heterocycles. The van der Waals surface area contributed by atoms with E-state index in [-0.39, 0.29) is 11.7 Å². The topological polar surface area (TPSA) is 84.9 Å². The third-order valence-corrected chi connectivity index (χ3v) is 8.46. The Morgan fingerprint density at radius 2 is 1.49 bits per heavy atom. The Balaban J connectivity index is 1.17. The zero-order valence-corrected chi connectivity index (χ0v) is 27.2. The lowest BCUT2D eigenvalue weighted by Crippen LogP contribution is -2.33. The van der Waals surface area contributed by atoms with Crippen molar-refractivity contribution in [1.82, 2.24) is 4.90 Å². The van der Waals surface area contributed by atoms with E-state index in [2.05, 4.69) is 5.32 Å². The lowest BCUT2D eigenvalue weighted by molar-refractivity contribution is -0.141. The second-order valence-electron chi connectivity index (χ2n) is 11.1. The van der Waals surface area contributed by atoms with Crippen molar-refractivity contribution in [3.05, 3.63) is 154 Å². The number of nitrogens with zero attached hydrogens (tertiary/aromatic N) is 1. The molecule has 1 amide bonds. The summed E-state index contributed by atoms with van der Waals surface area (Å²) < 4.78 is 11.1. The average molecular weight is 647 g/mol. The molecule has 0 radical (unpaired) electrons. The van der Waals surface area contributed by atoms with Gasteiger partial charge in [-0.2, -0.15) is 11.3 Å². The van der Waals surface area contributed by atoms with Crippen LogP contribution in [0.1, 0.15) is 39.0 Å². The number of carbonyl (C=O) groups excluding carboxylic acids is 3. The minimum Gasteiger partial charge on any atom is -0.494 e. The summed E-state index contributed by atoms with van der Waals surface area (Å²) in [5, 5.41) is 7.25. The predicted octanol–water partition coefficient (Wildman–Crippen LogP) is 7.22. The molecule has 0 aliphatic carbocycles. The molecular weight excluding hydrogens is 609 g/mol. The summed E-state index contributed by atoms with van der Waals surface area (Å²) in [5.74, 6) is 0.237. The Morgan fingerprint density at radius 3 is 2.19 bits per heavy atom. The Morgan fingerprint density at radius 1 is 0.787 bits per heavy atom. The number of methoxy groups -OCH3 is 1. The molecule has 0 saturated carbocycles. The first-order valence-corrected chi connectivity index (χ1v) is 16.5. The van der Waals surface area contributed by atoms with Crippen LogP contribution in [0, 0.1) is 0 Å². The number of anilines is 1. The molecule has 0 spiro atoms. The van der Waals surface area contributed by atoms with Gasteiger partial charge in [-0.1, -0.05) is 84.9 Å². The number of para-hydroxylation sites is 1. The highest BCUT2D eigenvalue weighted by Crippen LogP contribution is 2.22. The molecule has 7 nitrogen and oxygen atoms in total. The molecule has 8 heteroatoms. The van der Waals surface area contributed by atoms with Gasteiger partial charge in [0.05, 0.1) is 20.1 Å². The maximum Gasteiger partial charge on any atom is 0.328 e. The summed E-state index contributed by atoms with van der Waals surface area (Å²) in [6.45, 7) is 1.59. The highest BCUT2D eigenvalue weighted by atomic mass is 32.1. The lowest BCUT2D eigenvalue weighted by atomic mass is 10.00. The maximum atomic E-state index is 13.2. The number of amides is 1. The second kappa shape index (κ2) is 16.9. The summed E-state index contributed by atoms with van der Waals surface area (Å²) in [6, 6.07) is 35.1. The van der Waals surface area contributed by atoms with E-state index >= 15 is 0 Å². The molecule has 1 heterocycles. The van der Waals surface area contributed by atoms with Crippen molar-refractivity contribution < 1.29 is 23.9 Å². The van der Waals surface area contributed by atoms with Crippen LogP contribution in [0.3, 0.4) is 0 Å². The molecule has 1 N–H and O–H groups in total. The molecule has 0 aliphatic heterocycles. The van der Waals surface area contributed by atoms with Crippen molar-refractivity contribution in [2.45, 2.75) is 31.8 Å². The molecule has 47 heavy (non-hydrogen) atoms. The Labute approximate surface area is 279 Å². The van der Waals surface area contributed by atoms with Crippen LogP contribution < -0.4 is 10.1 Å². The molecule has 5 rings (SSSR count). The number of ether oxygens (including phenoxy) is 2. The van der Waals surface area contributed by atoms with Crippen molar-refractivity contribution in [3.63, 3.8) is 0 Å². The zero-order chi connectivity index (χ0) is 32.8. The molecule has 1 atom stereocenters. The first-order chi connectivity index (χ1) is 23.0. The molecule has 0 aliphatic rings. The van der Waals surface area contributed by atoms with Gasteiger partial charge in [0, 0.05) is 36.3 Å². The van der Waals surface area contributed by atoms with E-state index in [1.165, 1.54) is 7.11 Å². The monoisotopic (exact) mass is 646 g/mol. The van der Waals surface area contributed by atoms with Crippen molar-refractivity contribution in [2.75, 3.05) is 25.6 Å². The van der Waals surface area contributed by atoms with Gasteiger partial charge in [0.15, 0.2) is 5.78 Å². The van der Waals surface area contributed by atoms with Crippen LogP contribution in [0.5, 0.6) is 5.75 Å². The number of nitrogens with one attached hydrogen (secondary N) is 1. The van der Waals surface area contributed by atoms with Crippen LogP contribution in [0.4, 0.5) is 5.69 Å². The lowest BCUT2D eigenvalue weighted by Gasteiger charge is -2.23. The quantitative estimate of drug-likeness (QED) is 0.0693. The fourth-order valence-electron chi connectivity index (χ4n) is 5.25. The molecule has 0 saturated heterocycles. The number of benzene rings is 4. The third-order valence-electron chi connectivity index (χ3n) is 7.73. The third kappa shape index (κ3) is 9.64. The second-order valence-corrected chi connectivity index (χ2v) is 11.9. The average Bonchev–Trinajstić information content (AvgIpc) is 3.63. The number of hydrogen-bond donors (Lipinski definition) is 1. The maximum absolute atomic E-state index is 13.2. The van der Waals surface area contributed by atoms with Crippen LogP contribution in [0.25, 0.3) is 0 Å². The van der Waals surface area contributed by atoms with Crippen LogP contribution in [-0.2, 0) is 33.7 Å². The summed E-state index contributed by atoms with van der Waals surface area (Å²) in [4.78, 5) is 41.1. The van der Waals surface area contributed by atoms with E-state index in [0.29, 0.717) is 61.5 Å². The van der Waals surface area contributed by atoms with Crippen molar-refractivity contribution >= 4 is 34.7 Å². The van der Waals surface area contributed by atoms with Gasteiger partial charge in [-0.3, -0.25) is 9.59 Å². The van der Waals surface area contributed by atoms with Crippen molar-refractivity contribution in [3.8, 4) is 5.75 Å². The van der Waals surface area contributed by atoms with Crippen molar-refractivity contribution in [2.24, 2.45) is 0 Å². The van der Waals surface area contributed by atoms with Gasteiger partial charge in [-0.15, -0.1) is 0 Å². The smallest absolute Gasteiger partial charge is 0.328 e. The largest absolute Gasteiger partial charge is 0.494 e. The van der Waals surface area contributed by atoms with Gasteiger partial charge in [0.1, 0.15) is 11.8 Å². The Bertz CT molecular complexity index is 1720. The summed E-state index contributed by atoms with van der Waals surface area (Å²) >= 11 is 1.59. The summed E-state index contributed by atoms with van der Waals surface area (Å²) in [7, 11) is 1.35.